The number of hydrogen-bond acceptors (Lipinski definition) is 6. The Bertz CT molecular complexity index is 1010. The fourth-order valence-electron chi connectivity index (χ4n) is 3.35. The Balaban J connectivity index is 0.00000385. The SMILES string of the molecule is CCN(CC)CCN(C(=O)CCCSc1ccc(OC)cc1)c1nc2c(F)cccc2s1.Cl. The molecule has 3 aromatic rings. The number of para-hydroxylation sites is 1. The first-order valence-corrected chi connectivity index (χ1v) is 12.7. The first-order valence-electron chi connectivity index (χ1n) is 10.9. The Morgan fingerprint density at radius 3 is 2.48 bits per heavy atom. The molecule has 0 radical (unpaired) electrons. The highest BCUT2D eigenvalue weighted by Gasteiger charge is 2.21. The van der Waals surface area contributed by atoms with Crippen molar-refractivity contribution in [3.63, 3.8) is 0 Å². The number of ether oxygens (including phenoxy) is 1. The van der Waals surface area contributed by atoms with Crippen LogP contribution in [0, 0.1) is 5.82 Å². The summed E-state index contributed by atoms with van der Waals surface area (Å²) >= 11 is 3.10. The van der Waals surface area contributed by atoms with Gasteiger partial charge in [-0.3, -0.25) is 9.69 Å². The summed E-state index contributed by atoms with van der Waals surface area (Å²) in [5.74, 6) is 1.36. The zero-order valence-electron chi connectivity index (χ0n) is 19.3. The minimum atomic E-state index is -0.350. The molecule has 0 aliphatic rings. The second-order valence-electron chi connectivity index (χ2n) is 7.28. The maximum atomic E-state index is 14.2. The number of carbonyl (C=O) groups excluding carboxylic acids is 1. The van der Waals surface area contributed by atoms with E-state index in [4.69, 9.17) is 4.74 Å². The number of thiazole rings is 1. The van der Waals surface area contributed by atoms with Gasteiger partial charge >= 0.3 is 0 Å². The Morgan fingerprint density at radius 2 is 1.85 bits per heavy atom. The van der Waals surface area contributed by atoms with Gasteiger partial charge in [0.25, 0.3) is 0 Å². The quantitative estimate of drug-likeness (QED) is 0.217. The van der Waals surface area contributed by atoms with E-state index in [9.17, 15) is 9.18 Å². The molecule has 0 atom stereocenters. The third-order valence-corrected chi connectivity index (χ3v) is 7.43. The van der Waals surface area contributed by atoms with Gasteiger partial charge in [-0.15, -0.1) is 24.2 Å². The van der Waals surface area contributed by atoms with E-state index in [-0.39, 0.29) is 24.1 Å². The van der Waals surface area contributed by atoms with Crippen molar-refractivity contribution in [3.8, 4) is 5.75 Å². The van der Waals surface area contributed by atoms with Crippen LogP contribution >= 0.6 is 35.5 Å². The van der Waals surface area contributed by atoms with E-state index in [0.717, 1.165) is 47.2 Å². The highest BCUT2D eigenvalue weighted by Crippen LogP contribution is 2.31. The summed E-state index contributed by atoms with van der Waals surface area (Å²) in [5.41, 5.74) is 0.336. The average Bonchev–Trinajstić information content (AvgIpc) is 3.25. The zero-order chi connectivity index (χ0) is 22.9. The average molecular weight is 512 g/mol. The molecule has 2 aromatic carbocycles. The first kappa shape index (κ1) is 27.4. The van der Waals surface area contributed by atoms with Crippen molar-refractivity contribution < 1.29 is 13.9 Å². The molecule has 1 amide bonds. The predicted octanol–water partition coefficient (Wildman–Crippen LogP) is 6.11. The number of amides is 1. The van der Waals surface area contributed by atoms with Crippen LogP contribution in [0.1, 0.15) is 26.7 Å². The highest BCUT2D eigenvalue weighted by molar-refractivity contribution is 7.99. The van der Waals surface area contributed by atoms with Crippen LogP contribution in [0.25, 0.3) is 10.2 Å². The standard InChI is InChI=1S/C24H30FN3O2S2.ClH/c1-4-27(5-2)15-16-28(24-26-23-20(25)8-6-9-21(23)32-24)22(29)10-7-17-31-19-13-11-18(30-3)12-14-19;/h6,8-9,11-14H,4-5,7,10,15-17H2,1-3H3;1H. The second-order valence-corrected chi connectivity index (χ2v) is 9.46. The number of nitrogens with zero attached hydrogens (tertiary/aromatic N) is 3. The molecular formula is C24H31ClFN3O2S2. The van der Waals surface area contributed by atoms with Gasteiger partial charge in [-0.25, -0.2) is 9.37 Å². The first-order chi connectivity index (χ1) is 15.5. The fourth-order valence-corrected chi connectivity index (χ4v) is 5.22. The highest BCUT2D eigenvalue weighted by atomic mass is 35.5. The van der Waals surface area contributed by atoms with E-state index in [1.165, 1.54) is 17.4 Å². The number of benzene rings is 2. The van der Waals surface area contributed by atoms with E-state index in [2.05, 4.69) is 23.7 Å². The van der Waals surface area contributed by atoms with Crippen LogP contribution < -0.4 is 9.64 Å². The largest absolute Gasteiger partial charge is 0.497 e. The summed E-state index contributed by atoms with van der Waals surface area (Å²) in [6, 6.07) is 12.9. The van der Waals surface area contributed by atoms with E-state index in [1.807, 2.05) is 30.3 Å². The number of thioether (sulfide) groups is 1. The van der Waals surface area contributed by atoms with Crippen molar-refractivity contribution in [3.05, 3.63) is 48.3 Å². The number of carbonyl (C=O) groups is 1. The number of rotatable bonds is 12. The third kappa shape index (κ3) is 7.57. The molecule has 0 saturated carbocycles. The van der Waals surface area contributed by atoms with Gasteiger partial charge in [0.15, 0.2) is 5.13 Å². The monoisotopic (exact) mass is 511 g/mol. The zero-order valence-corrected chi connectivity index (χ0v) is 21.7. The van der Waals surface area contributed by atoms with Crippen LogP contribution in [-0.4, -0.2) is 54.8 Å². The third-order valence-electron chi connectivity index (χ3n) is 5.29. The van der Waals surface area contributed by atoms with E-state index in [0.29, 0.717) is 23.6 Å². The predicted molar refractivity (Wildman–Crippen MR) is 140 cm³/mol. The van der Waals surface area contributed by atoms with Gasteiger partial charge < -0.3 is 9.64 Å². The topological polar surface area (TPSA) is 45.7 Å². The number of anilines is 1. The number of aromatic nitrogens is 1. The Hall–Kier alpha value is -1.87. The van der Waals surface area contributed by atoms with Crippen molar-refractivity contribution in [2.45, 2.75) is 31.6 Å². The van der Waals surface area contributed by atoms with Gasteiger partial charge in [-0.05, 0) is 61.7 Å². The Morgan fingerprint density at radius 1 is 1.12 bits per heavy atom. The molecule has 3 rings (SSSR count). The van der Waals surface area contributed by atoms with E-state index in [1.54, 1.807) is 29.8 Å². The molecule has 0 spiro atoms. The number of methoxy groups -OCH3 is 1. The summed E-state index contributed by atoms with van der Waals surface area (Å²) in [6.45, 7) is 7.38. The lowest BCUT2D eigenvalue weighted by atomic mass is 10.3. The van der Waals surface area contributed by atoms with Crippen LogP contribution in [0.3, 0.4) is 0 Å². The summed E-state index contributed by atoms with van der Waals surface area (Å²) < 4.78 is 20.1. The fraction of sp³-hybridized carbons (Fsp3) is 0.417. The second kappa shape index (κ2) is 13.7. The molecule has 1 heterocycles. The molecule has 0 aliphatic carbocycles. The van der Waals surface area contributed by atoms with Crippen molar-refractivity contribution in [2.24, 2.45) is 0 Å². The van der Waals surface area contributed by atoms with Crippen LogP contribution in [0.4, 0.5) is 9.52 Å². The maximum absolute atomic E-state index is 14.2. The van der Waals surface area contributed by atoms with E-state index >= 15 is 0 Å². The normalized spacial score (nSPS) is 10.9. The molecule has 33 heavy (non-hydrogen) atoms. The maximum Gasteiger partial charge on any atom is 0.228 e. The molecule has 0 unspecified atom stereocenters. The summed E-state index contributed by atoms with van der Waals surface area (Å²) in [7, 11) is 1.65. The minimum Gasteiger partial charge on any atom is -0.497 e. The van der Waals surface area contributed by atoms with Crippen LogP contribution in [0.5, 0.6) is 5.75 Å². The van der Waals surface area contributed by atoms with Gasteiger partial charge in [-0.2, -0.15) is 0 Å². The van der Waals surface area contributed by atoms with Crippen LogP contribution in [0.2, 0.25) is 0 Å². The number of hydrogen-bond donors (Lipinski definition) is 0. The molecular weight excluding hydrogens is 481 g/mol. The molecule has 5 nitrogen and oxygen atoms in total. The van der Waals surface area contributed by atoms with Gasteiger partial charge in [-0.1, -0.05) is 31.3 Å². The van der Waals surface area contributed by atoms with Crippen molar-refractivity contribution >= 4 is 56.8 Å². The van der Waals surface area contributed by atoms with Crippen LogP contribution in [0.15, 0.2) is 47.4 Å². The number of likely N-dealkylation sites (N-methyl/N-ethyl adjacent to an activating group) is 1. The lowest BCUT2D eigenvalue weighted by molar-refractivity contribution is -0.118. The molecule has 0 fully saturated rings. The summed E-state index contributed by atoms with van der Waals surface area (Å²) in [5, 5.41) is 0.574. The van der Waals surface area contributed by atoms with Crippen molar-refractivity contribution in [1.29, 1.82) is 0 Å². The lowest BCUT2D eigenvalue weighted by Gasteiger charge is -2.24. The number of halogens is 2. The molecule has 0 aliphatic heterocycles. The van der Waals surface area contributed by atoms with E-state index < -0.39 is 0 Å². The van der Waals surface area contributed by atoms with Gasteiger partial charge in [0.05, 0.1) is 11.8 Å². The molecule has 1 aromatic heterocycles. The Kier molecular flexibility index (Phi) is 11.4. The minimum absolute atomic E-state index is 0. The van der Waals surface area contributed by atoms with Gasteiger partial charge in [0.1, 0.15) is 17.1 Å². The molecule has 0 bridgehead atoms. The van der Waals surface area contributed by atoms with Gasteiger partial charge in [0, 0.05) is 24.4 Å². The Labute approximate surface area is 209 Å². The lowest BCUT2D eigenvalue weighted by Crippen LogP contribution is -2.38. The molecule has 9 heteroatoms. The molecule has 180 valence electrons. The van der Waals surface area contributed by atoms with Crippen LogP contribution in [-0.2, 0) is 4.79 Å². The molecule has 0 N–H and O–H groups in total. The summed E-state index contributed by atoms with van der Waals surface area (Å²) in [6.07, 6.45) is 1.19. The van der Waals surface area contributed by atoms with Crippen molar-refractivity contribution in [2.75, 3.05) is 43.9 Å². The summed E-state index contributed by atoms with van der Waals surface area (Å²) in [4.78, 5) is 22.8. The smallest absolute Gasteiger partial charge is 0.228 e. The molecule has 0 saturated heterocycles. The van der Waals surface area contributed by atoms with Crippen molar-refractivity contribution in [1.82, 2.24) is 9.88 Å². The van der Waals surface area contributed by atoms with Gasteiger partial charge in [0.2, 0.25) is 5.91 Å². The number of fused-ring (bicyclic) bond motifs is 1.